The molecule has 3 aromatic rings. The lowest BCUT2D eigenvalue weighted by molar-refractivity contribution is 0.112. The van der Waals surface area contributed by atoms with Crippen molar-refractivity contribution < 1.29 is 13.8 Å². The van der Waals surface area contributed by atoms with Gasteiger partial charge in [-0.15, -0.1) is 6.42 Å². The Labute approximate surface area is 154 Å². The molecule has 0 aliphatic carbocycles. The molecule has 0 saturated heterocycles. The summed E-state index contributed by atoms with van der Waals surface area (Å²) in [7, 11) is 0. The summed E-state index contributed by atoms with van der Waals surface area (Å²) < 4.78 is 24.8. The minimum Gasteiger partial charge on any atom is -0.431 e. The molecule has 0 aliphatic heterocycles. The Balaban J connectivity index is 1.65. The number of anilines is 1. The van der Waals surface area contributed by atoms with Crippen LogP contribution < -0.4 is 10.3 Å². The molecule has 2 atom stereocenters. The number of para-hydroxylation sites is 1. The lowest BCUT2D eigenvalue weighted by Crippen LogP contribution is -2.19. The van der Waals surface area contributed by atoms with Gasteiger partial charge >= 0.3 is 6.72 Å². The molecule has 8 nitrogen and oxygen atoms in total. The molecule has 1 unspecified atom stereocenters. The number of terminal acetylenes is 1. The van der Waals surface area contributed by atoms with Crippen molar-refractivity contribution in [1.29, 1.82) is 0 Å². The number of nitrogens with zero attached hydrogens (tertiary/aromatic N) is 4. The first-order valence-corrected chi connectivity index (χ1v) is 10.2. The maximum Gasteiger partial charge on any atom is 0.361 e. The van der Waals surface area contributed by atoms with Crippen molar-refractivity contribution in [2.75, 3.05) is 12.1 Å². The van der Waals surface area contributed by atoms with Crippen LogP contribution in [0.5, 0.6) is 5.75 Å². The Bertz CT molecular complexity index is 988. The van der Waals surface area contributed by atoms with Gasteiger partial charge in [-0.1, -0.05) is 24.1 Å². The second-order valence-electron chi connectivity index (χ2n) is 5.27. The Morgan fingerprint density at radius 1 is 1.31 bits per heavy atom. The summed E-state index contributed by atoms with van der Waals surface area (Å²) in [5.74, 6) is 3.14. The van der Waals surface area contributed by atoms with Gasteiger partial charge in [-0.25, -0.2) is 15.0 Å². The Morgan fingerprint density at radius 2 is 2.08 bits per heavy atom. The predicted octanol–water partition coefficient (Wildman–Crippen LogP) is 2.90. The third-order valence-electron chi connectivity index (χ3n) is 3.39. The molecule has 10 heteroatoms. The van der Waals surface area contributed by atoms with Crippen LogP contribution in [0.15, 0.2) is 43.0 Å². The van der Waals surface area contributed by atoms with Crippen LogP contribution in [0.3, 0.4) is 0 Å². The van der Waals surface area contributed by atoms with E-state index in [2.05, 4.69) is 20.9 Å². The largest absolute Gasteiger partial charge is 0.431 e. The lowest BCUT2D eigenvalue weighted by atomic mass is 10.3. The maximum absolute atomic E-state index is 12.4. The standard InChI is InChI=1S/C16H15ClN5O3P/c1-2-12(8-22-10-21-14-15(18)19-9-20-16(14)22)24-11-26(17,23)25-13-6-4-3-5-7-13/h1,3-7,9-10,12H,8,11H2,(H2,18,19,20)/t12-,26?/m1/s1. The van der Waals surface area contributed by atoms with Gasteiger partial charge in [-0.3, -0.25) is 4.57 Å². The quantitative estimate of drug-likeness (QED) is 0.487. The van der Waals surface area contributed by atoms with Crippen molar-refractivity contribution in [3.05, 3.63) is 43.0 Å². The number of halogens is 1. The lowest BCUT2D eigenvalue weighted by Gasteiger charge is -2.17. The van der Waals surface area contributed by atoms with E-state index in [1.54, 1.807) is 28.8 Å². The zero-order valence-electron chi connectivity index (χ0n) is 13.5. The van der Waals surface area contributed by atoms with Crippen molar-refractivity contribution in [1.82, 2.24) is 19.5 Å². The van der Waals surface area contributed by atoms with E-state index in [1.807, 2.05) is 6.07 Å². The molecule has 26 heavy (non-hydrogen) atoms. The Hall–Kier alpha value is -2.59. The van der Waals surface area contributed by atoms with E-state index in [4.69, 9.17) is 32.7 Å². The van der Waals surface area contributed by atoms with E-state index in [0.29, 0.717) is 16.9 Å². The first-order chi connectivity index (χ1) is 12.5. The first kappa shape index (κ1) is 18.2. The number of benzene rings is 1. The number of ether oxygens (including phenoxy) is 1. The van der Waals surface area contributed by atoms with Gasteiger partial charge in [-0.05, 0) is 23.4 Å². The zero-order valence-corrected chi connectivity index (χ0v) is 15.2. The molecule has 0 fully saturated rings. The van der Waals surface area contributed by atoms with Crippen molar-refractivity contribution in [2.45, 2.75) is 12.6 Å². The number of hydrogen-bond donors (Lipinski definition) is 1. The molecule has 2 N–H and O–H groups in total. The summed E-state index contributed by atoms with van der Waals surface area (Å²) in [6.07, 6.45) is 7.31. The molecule has 3 rings (SSSR count). The van der Waals surface area contributed by atoms with E-state index < -0.39 is 12.8 Å². The molecule has 0 spiro atoms. The van der Waals surface area contributed by atoms with Crippen molar-refractivity contribution in [3.63, 3.8) is 0 Å². The predicted molar refractivity (Wildman–Crippen MR) is 98.8 cm³/mol. The van der Waals surface area contributed by atoms with Crippen LogP contribution >= 0.6 is 18.0 Å². The third kappa shape index (κ3) is 4.33. The fraction of sp³-hybridized carbons (Fsp3) is 0.188. The summed E-state index contributed by atoms with van der Waals surface area (Å²) in [4.78, 5) is 12.2. The molecule has 0 saturated carbocycles. The highest BCUT2D eigenvalue weighted by Gasteiger charge is 2.24. The number of hydrogen-bond acceptors (Lipinski definition) is 7. The average molecular weight is 392 g/mol. The molecule has 0 radical (unpaired) electrons. The SMILES string of the molecule is C#C[C@H](Cn1cnc2c(N)ncnc21)OCP(=O)(Cl)Oc1ccccc1. The third-order valence-corrected chi connectivity index (χ3v) is 4.83. The smallest absolute Gasteiger partial charge is 0.361 e. The van der Waals surface area contributed by atoms with Crippen LogP contribution in [-0.4, -0.2) is 32.0 Å². The van der Waals surface area contributed by atoms with Gasteiger partial charge in [0, 0.05) is 0 Å². The van der Waals surface area contributed by atoms with Crippen molar-refractivity contribution >= 4 is 34.9 Å². The average Bonchev–Trinajstić information content (AvgIpc) is 3.03. The molecular weight excluding hydrogens is 377 g/mol. The van der Waals surface area contributed by atoms with Gasteiger partial charge < -0.3 is 19.6 Å². The minimum absolute atomic E-state index is 0.228. The highest BCUT2D eigenvalue weighted by molar-refractivity contribution is 7.85. The Morgan fingerprint density at radius 3 is 2.81 bits per heavy atom. The minimum atomic E-state index is -3.54. The highest BCUT2D eigenvalue weighted by Crippen LogP contribution is 2.52. The number of fused-ring (bicyclic) bond motifs is 1. The second kappa shape index (κ2) is 7.75. The summed E-state index contributed by atoms with van der Waals surface area (Å²) >= 11 is 5.95. The normalized spacial score (nSPS) is 14.5. The Kier molecular flexibility index (Phi) is 5.43. The van der Waals surface area contributed by atoms with Crippen LogP contribution in [0.2, 0.25) is 0 Å². The summed E-state index contributed by atoms with van der Waals surface area (Å²) in [6, 6.07) is 8.59. The molecular formula is C16H15ClN5O3P. The molecule has 1 aromatic carbocycles. The van der Waals surface area contributed by atoms with Crippen LogP contribution in [0, 0.1) is 12.3 Å². The molecule has 0 bridgehead atoms. The number of imidazole rings is 1. The number of aromatic nitrogens is 4. The maximum atomic E-state index is 12.4. The van der Waals surface area contributed by atoms with Crippen LogP contribution in [0.1, 0.15) is 0 Å². The van der Waals surface area contributed by atoms with Gasteiger partial charge in [0.15, 0.2) is 11.5 Å². The van der Waals surface area contributed by atoms with Gasteiger partial charge in [-0.2, -0.15) is 0 Å². The highest BCUT2D eigenvalue weighted by atomic mass is 35.7. The summed E-state index contributed by atoms with van der Waals surface area (Å²) in [5, 5.41) is 0. The van der Waals surface area contributed by atoms with E-state index in [9.17, 15) is 4.57 Å². The van der Waals surface area contributed by atoms with E-state index in [0.717, 1.165) is 0 Å². The first-order valence-electron chi connectivity index (χ1n) is 7.51. The zero-order chi connectivity index (χ0) is 18.6. The van der Waals surface area contributed by atoms with Gasteiger partial charge in [0.2, 0.25) is 0 Å². The summed E-state index contributed by atoms with van der Waals surface area (Å²) in [6.45, 7) is -3.32. The van der Waals surface area contributed by atoms with Crippen LogP contribution in [0.4, 0.5) is 5.82 Å². The molecule has 2 heterocycles. The molecule has 0 amide bonds. The van der Waals surface area contributed by atoms with Crippen LogP contribution in [0.25, 0.3) is 11.2 Å². The van der Waals surface area contributed by atoms with E-state index in [-0.39, 0.29) is 18.7 Å². The fourth-order valence-corrected chi connectivity index (χ4v) is 3.46. The topological polar surface area (TPSA) is 105 Å². The van der Waals surface area contributed by atoms with Crippen molar-refractivity contribution in [2.24, 2.45) is 0 Å². The number of nitrogen functional groups attached to an aromatic ring is 1. The van der Waals surface area contributed by atoms with Crippen molar-refractivity contribution in [3.8, 4) is 18.1 Å². The van der Waals surface area contributed by atoms with Gasteiger partial charge in [0.05, 0.1) is 12.9 Å². The van der Waals surface area contributed by atoms with Gasteiger partial charge in [0.1, 0.15) is 30.0 Å². The fourth-order valence-electron chi connectivity index (χ4n) is 2.21. The van der Waals surface area contributed by atoms with Gasteiger partial charge in [0.25, 0.3) is 0 Å². The molecule has 2 aromatic heterocycles. The van der Waals surface area contributed by atoms with Crippen LogP contribution in [-0.2, 0) is 15.8 Å². The molecule has 0 aliphatic rings. The van der Waals surface area contributed by atoms with E-state index in [1.165, 1.54) is 12.7 Å². The monoisotopic (exact) mass is 391 g/mol. The molecule has 134 valence electrons. The number of nitrogens with two attached hydrogens (primary N) is 1. The van der Waals surface area contributed by atoms with E-state index >= 15 is 0 Å². The number of rotatable bonds is 7. The summed E-state index contributed by atoms with van der Waals surface area (Å²) in [5.41, 5.74) is 6.75. The second-order valence-corrected chi connectivity index (χ2v) is 8.44.